The molecule has 0 unspecified atom stereocenters. The molecule has 1 aromatic heterocycles. The molecule has 3 aromatic rings. The molecule has 0 bridgehead atoms. The Morgan fingerprint density at radius 3 is 2.55 bits per heavy atom. The Morgan fingerprint density at radius 1 is 1.16 bits per heavy atom. The lowest BCUT2D eigenvalue weighted by Crippen LogP contribution is -2.35. The van der Waals surface area contributed by atoms with E-state index >= 15 is 0 Å². The summed E-state index contributed by atoms with van der Waals surface area (Å²) >= 11 is 1.03. The summed E-state index contributed by atoms with van der Waals surface area (Å²) in [5.74, 6) is -1.31. The largest absolute Gasteiger partial charge is 0.538 e. The number of esters is 1. The highest BCUT2D eigenvalue weighted by Crippen LogP contribution is 2.23. The molecule has 1 N–H and O–H groups in total. The van der Waals surface area contributed by atoms with Gasteiger partial charge in [-0.2, -0.15) is 0 Å². The van der Waals surface area contributed by atoms with Gasteiger partial charge in [-0.25, -0.2) is 4.79 Å². The number of nitrogens with zero attached hydrogens (tertiary/aromatic N) is 2. The van der Waals surface area contributed by atoms with Crippen LogP contribution < -0.4 is 15.1 Å². The van der Waals surface area contributed by atoms with Crippen LogP contribution in [0.4, 0.5) is 5.69 Å². The van der Waals surface area contributed by atoms with Gasteiger partial charge in [-0.3, -0.25) is 4.79 Å². The van der Waals surface area contributed by atoms with Crippen LogP contribution in [0.1, 0.15) is 35.7 Å². The first-order chi connectivity index (χ1) is 15.0. The Balaban J connectivity index is 1.57. The summed E-state index contributed by atoms with van der Waals surface area (Å²) in [6.07, 6.45) is 1.77. The van der Waals surface area contributed by atoms with Crippen LogP contribution in [0, 0.1) is 6.92 Å². The summed E-state index contributed by atoms with van der Waals surface area (Å²) in [7, 11) is 0. The summed E-state index contributed by atoms with van der Waals surface area (Å²) in [4.78, 5) is 24.2. The van der Waals surface area contributed by atoms with Gasteiger partial charge in [0.1, 0.15) is 0 Å². The van der Waals surface area contributed by atoms with Crippen LogP contribution in [0.2, 0.25) is 0 Å². The summed E-state index contributed by atoms with van der Waals surface area (Å²) in [6, 6.07) is 13.9. The number of rotatable bonds is 9. The standard InChI is InChI=1S/C22H23N3O5S/c1-3-4-13-29-21(27)16-7-9-17(10-8-16)23-19(26)14-31-20-22(28)30-24-25(20)18-11-5-15(2)6-12-18/h5-12H,3-4,13-14H2,1-2H3,(H-,23,24,26,27,28). The molecule has 0 spiro atoms. The number of amides is 1. The average Bonchev–Trinajstić information content (AvgIpc) is 3.13. The van der Waals surface area contributed by atoms with Crippen molar-refractivity contribution in [1.82, 2.24) is 5.27 Å². The third-order valence-corrected chi connectivity index (χ3v) is 5.35. The highest BCUT2D eigenvalue weighted by atomic mass is 32.2. The molecule has 0 radical (unpaired) electrons. The minimum Gasteiger partial charge on any atom is -0.538 e. The number of hydrogen-bond donors (Lipinski definition) is 1. The minimum absolute atomic E-state index is 0.0108. The van der Waals surface area contributed by atoms with Crippen molar-refractivity contribution in [3.8, 4) is 11.6 Å². The smallest absolute Gasteiger partial charge is 0.338 e. The monoisotopic (exact) mass is 441 g/mol. The van der Waals surface area contributed by atoms with Crippen LogP contribution in [0.25, 0.3) is 5.69 Å². The van der Waals surface area contributed by atoms with E-state index in [1.807, 2.05) is 38.1 Å². The first-order valence-corrected chi connectivity index (χ1v) is 10.8. The molecule has 8 nitrogen and oxygen atoms in total. The van der Waals surface area contributed by atoms with Gasteiger partial charge in [0.15, 0.2) is 5.95 Å². The van der Waals surface area contributed by atoms with E-state index in [-0.39, 0.29) is 16.7 Å². The molecule has 162 valence electrons. The Kier molecular flexibility index (Phi) is 7.66. The van der Waals surface area contributed by atoms with Crippen molar-refractivity contribution < 1.29 is 28.6 Å². The number of aryl methyl sites for hydroxylation is 1. The summed E-state index contributed by atoms with van der Waals surface area (Å²) < 4.78 is 11.3. The Hall–Kier alpha value is -3.33. The van der Waals surface area contributed by atoms with Gasteiger partial charge in [-0.1, -0.05) is 31.0 Å². The van der Waals surface area contributed by atoms with E-state index in [1.165, 1.54) is 4.68 Å². The van der Waals surface area contributed by atoms with Gasteiger partial charge in [-0.15, -0.1) is 0 Å². The van der Waals surface area contributed by atoms with Crippen LogP contribution in [0.15, 0.2) is 58.1 Å². The van der Waals surface area contributed by atoms with Gasteiger partial charge in [0, 0.05) is 17.8 Å². The SMILES string of the molecule is CCCCOC(=O)c1ccc(NC(=O)CSc2c([O-])on[n+]2-c2ccc(C)cc2)cc1. The minimum atomic E-state index is -0.607. The van der Waals surface area contributed by atoms with E-state index in [1.54, 1.807) is 24.3 Å². The molecule has 1 amide bonds. The summed E-state index contributed by atoms with van der Waals surface area (Å²) in [5.41, 5.74) is 2.70. The van der Waals surface area contributed by atoms with E-state index < -0.39 is 11.9 Å². The van der Waals surface area contributed by atoms with E-state index in [9.17, 15) is 14.7 Å². The molecule has 31 heavy (non-hydrogen) atoms. The first kappa shape index (κ1) is 22.4. The number of ether oxygens (including phenoxy) is 1. The highest BCUT2D eigenvalue weighted by Gasteiger charge is 2.22. The van der Waals surface area contributed by atoms with Crippen LogP contribution in [0.3, 0.4) is 0 Å². The first-order valence-electron chi connectivity index (χ1n) is 9.84. The molecule has 1 heterocycles. The fourth-order valence-corrected chi connectivity index (χ4v) is 3.38. The van der Waals surface area contributed by atoms with Crippen molar-refractivity contribution in [2.24, 2.45) is 0 Å². The Morgan fingerprint density at radius 2 is 1.87 bits per heavy atom. The average molecular weight is 442 g/mol. The second kappa shape index (κ2) is 10.6. The number of carbonyl (C=O) groups is 2. The van der Waals surface area contributed by atoms with Gasteiger partial charge >= 0.3 is 5.97 Å². The third kappa shape index (κ3) is 6.08. The van der Waals surface area contributed by atoms with Gasteiger partial charge in [0.05, 0.1) is 23.2 Å². The zero-order valence-corrected chi connectivity index (χ0v) is 18.1. The lowest BCUT2D eigenvalue weighted by Gasteiger charge is -2.07. The number of thioether (sulfide) groups is 1. The predicted octanol–water partition coefficient (Wildman–Crippen LogP) is 3.02. The molecule has 0 saturated carbocycles. The van der Waals surface area contributed by atoms with Crippen LogP contribution >= 0.6 is 11.8 Å². The number of nitrogens with one attached hydrogen (secondary N) is 1. The fraction of sp³-hybridized carbons (Fsp3) is 0.273. The second-order valence-corrected chi connectivity index (χ2v) is 7.78. The van der Waals surface area contributed by atoms with Crippen LogP contribution in [-0.2, 0) is 9.53 Å². The van der Waals surface area contributed by atoms with E-state index in [0.29, 0.717) is 23.5 Å². The molecule has 0 saturated heterocycles. The van der Waals surface area contributed by atoms with Crippen LogP contribution in [-0.4, -0.2) is 29.5 Å². The van der Waals surface area contributed by atoms with Crippen molar-refractivity contribution in [3.63, 3.8) is 0 Å². The molecule has 0 atom stereocenters. The normalized spacial score (nSPS) is 10.6. The van der Waals surface area contributed by atoms with Crippen molar-refractivity contribution in [3.05, 3.63) is 59.7 Å². The second-order valence-electron chi connectivity index (χ2n) is 6.82. The summed E-state index contributed by atoms with van der Waals surface area (Å²) in [5, 5.41) is 18.7. The van der Waals surface area contributed by atoms with Gasteiger partial charge in [0.25, 0.3) is 5.03 Å². The third-order valence-electron chi connectivity index (χ3n) is 4.33. The molecule has 0 aliphatic carbocycles. The molecule has 0 aliphatic heterocycles. The van der Waals surface area contributed by atoms with E-state index in [4.69, 9.17) is 9.26 Å². The zero-order chi connectivity index (χ0) is 22.2. The molecular weight excluding hydrogens is 418 g/mol. The number of unbranched alkanes of at least 4 members (excludes halogenated alkanes) is 1. The lowest BCUT2D eigenvalue weighted by molar-refractivity contribution is -0.705. The topological polar surface area (TPSA) is 108 Å². The number of benzene rings is 2. The maximum Gasteiger partial charge on any atom is 0.338 e. The Bertz CT molecular complexity index is 1030. The van der Waals surface area contributed by atoms with Gasteiger partial charge < -0.3 is 19.7 Å². The maximum absolute atomic E-state index is 12.3. The zero-order valence-electron chi connectivity index (χ0n) is 17.3. The number of aromatic nitrogens is 2. The van der Waals surface area contributed by atoms with Crippen molar-refractivity contribution in [2.45, 2.75) is 31.7 Å². The molecule has 3 rings (SSSR count). The lowest BCUT2D eigenvalue weighted by atomic mass is 10.2. The number of carbonyl (C=O) groups excluding carboxylic acids is 2. The van der Waals surface area contributed by atoms with Gasteiger partial charge in [0.2, 0.25) is 11.6 Å². The molecule has 0 fully saturated rings. The number of anilines is 1. The Labute approximate surface area is 184 Å². The quantitative estimate of drug-likeness (QED) is 0.235. The van der Waals surface area contributed by atoms with Crippen molar-refractivity contribution in [2.75, 3.05) is 17.7 Å². The van der Waals surface area contributed by atoms with Crippen LogP contribution in [0.5, 0.6) is 5.95 Å². The molecule has 9 heteroatoms. The van der Waals surface area contributed by atoms with E-state index in [0.717, 1.165) is 30.2 Å². The maximum atomic E-state index is 12.3. The van der Waals surface area contributed by atoms with Crippen molar-refractivity contribution in [1.29, 1.82) is 0 Å². The van der Waals surface area contributed by atoms with Crippen molar-refractivity contribution >= 4 is 29.3 Å². The number of hydrogen-bond acceptors (Lipinski definition) is 7. The molecule has 2 aromatic carbocycles. The summed E-state index contributed by atoms with van der Waals surface area (Å²) in [6.45, 7) is 4.36. The molecular formula is C22H23N3O5S. The highest BCUT2D eigenvalue weighted by molar-refractivity contribution is 7.99. The van der Waals surface area contributed by atoms with E-state index in [2.05, 4.69) is 10.6 Å². The molecule has 0 aliphatic rings. The van der Waals surface area contributed by atoms with Gasteiger partial charge in [-0.05, 0) is 54.1 Å². The fourth-order valence-electron chi connectivity index (χ4n) is 2.62. The predicted molar refractivity (Wildman–Crippen MR) is 113 cm³/mol.